The third-order valence-corrected chi connectivity index (χ3v) is 9.01. The number of carbonyl (C=O) groups is 1. The van der Waals surface area contributed by atoms with Crippen molar-refractivity contribution in [3.05, 3.63) is 93.2 Å². The number of fused-ring (bicyclic) bond motifs is 1. The summed E-state index contributed by atoms with van der Waals surface area (Å²) in [5.74, 6) is 1.02. The molecule has 2 fully saturated rings. The van der Waals surface area contributed by atoms with E-state index in [4.69, 9.17) is 9.47 Å². The van der Waals surface area contributed by atoms with Crippen LogP contribution in [-0.4, -0.2) is 49.2 Å². The van der Waals surface area contributed by atoms with E-state index in [1.54, 1.807) is 30.5 Å². The van der Waals surface area contributed by atoms with Gasteiger partial charge < -0.3 is 19.1 Å². The number of pyridine rings is 1. The number of halogens is 4. The first-order valence-corrected chi connectivity index (χ1v) is 15.7. The number of alkyl halides is 2. The number of imidazole rings is 1. The summed E-state index contributed by atoms with van der Waals surface area (Å²) in [7, 11) is 0. The first kappa shape index (κ1) is 30.8. The number of carboxylic acid groups (broad SMARTS) is 1. The Balaban J connectivity index is 1.07. The SMILES string of the molecule is O=C(O)c1ccc2nc(Cc3cc(F)c(-c4cccc(OCc5ncc(C#CC6CC(F)(F)C6)s5)n4)cc3F)n(C[C@@H]3CCO3)c2c1. The highest BCUT2D eigenvalue weighted by Crippen LogP contribution is 2.42. The molecule has 7 rings (SSSR count). The van der Waals surface area contributed by atoms with E-state index in [1.165, 1.54) is 23.5 Å². The molecule has 1 aliphatic heterocycles. The Morgan fingerprint density at radius 3 is 2.70 bits per heavy atom. The van der Waals surface area contributed by atoms with Gasteiger partial charge in [-0.2, -0.15) is 0 Å². The second kappa shape index (κ2) is 12.4. The van der Waals surface area contributed by atoms with E-state index in [0.29, 0.717) is 39.9 Å². The van der Waals surface area contributed by atoms with Gasteiger partial charge in [0.1, 0.15) is 29.1 Å². The van der Waals surface area contributed by atoms with Crippen LogP contribution in [0.4, 0.5) is 17.6 Å². The van der Waals surface area contributed by atoms with Crippen LogP contribution in [0.15, 0.2) is 54.7 Å². The minimum atomic E-state index is -2.62. The Labute approximate surface area is 270 Å². The van der Waals surface area contributed by atoms with Crippen molar-refractivity contribution in [3.8, 4) is 29.0 Å². The van der Waals surface area contributed by atoms with E-state index in [1.807, 2.05) is 4.57 Å². The average Bonchev–Trinajstić information content (AvgIpc) is 3.61. The van der Waals surface area contributed by atoms with Gasteiger partial charge in [0.2, 0.25) is 5.88 Å². The number of carboxylic acids is 1. The van der Waals surface area contributed by atoms with Gasteiger partial charge in [0.25, 0.3) is 5.92 Å². The summed E-state index contributed by atoms with van der Waals surface area (Å²) in [4.78, 5) is 25.4. The molecule has 5 aromatic rings. The van der Waals surface area contributed by atoms with Gasteiger partial charge >= 0.3 is 5.97 Å². The molecule has 47 heavy (non-hydrogen) atoms. The van der Waals surface area contributed by atoms with Crippen LogP contribution in [-0.2, 0) is 24.3 Å². The predicted molar refractivity (Wildman–Crippen MR) is 164 cm³/mol. The topological polar surface area (TPSA) is 99.4 Å². The summed E-state index contributed by atoms with van der Waals surface area (Å²) >= 11 is 1.27. The summed E-state index contributed by atoms with van der Waals surface area (Å²) in [6.07, 6.45) is 1.83. The van der Waals surface area contributed by atoms with Crippen molar-refractivity contribution in [2.24, 2.45) is 5.92 Å². The maximum atomic E-state index is 15.5. The van der Waals surface area contributed by atoms with Gasteiger partial charge in [0.05, 0.1) is 46.0 Å². The summed E-state index contributed by atoms with van der Waals surface area (Å²) in [6.45, 7) is 1.09. The van der Waals surface area contributed by atoms with Crippen LogP contribution in [0.1, 0.15) is 50.9 Å². The average molecular weight is 663 g/mol. The van der Waals surface area contributed by atoms with Crippen molar-refractivity contribution >= 4 is 28.3 Å². The fourth-order valence-electron chi connectivity index (χ4n) is 5.52. The molecule has 3 aromatic heterocycles. The minimum Gasteiger partial charge on any atom is -0.478 e. The molecule has 8 nitrogen and oxygen atoms in total. The highest BCUT2D eigenvalue weighted by Gasteiger charge is 2.44. The molecule has 1 saturated carbocycles. The van der Waals surface area contributed by atoms with Crippen molar-refractivity contribution in [1.82, 2.24) is 19.5 Å². The smallest absolute Gasteiger partial charge is 0.335 e. The summed E-state index contributed by atoms with van der Waals surface area (Å²) in [5.41, 5.74) is 1.43. The monoisotopic (exact) mass is 662 g/mol. The highest BCUT2D eigenvalue weighted by atomic mass is 32.1. The quantitative estimate of drug-likeness (QED) is 0.136. The zero-order valence-corrected chi connectivity index (χ0v) is 25.5. The van der Waals surface area contributed by atoms with E-state index < -0.39 is 23.5 Å². The summed E-state index contributed by atoms with van der Waals surface area (Å²) in [6, 6.07) is 11.5. The van der Waals surface area contributed by atoms with Crippen molar-refractivity contribution in [3.63, 3.8) is 0 Å². The van der Waals surface area contributed by atoms with Crippen LogP contribution in [0, 0.1) is 29.4 Å². The number of rotatable bonds is 9. The third-order valence-electron chi connectivity index (χ3n) is 8.12. The molecule has 4 heterocycles. The van der Waals surface area contributed by atoms with Gasteiger partial charge in [0, 0.05) is 43.4 Å². The van der Waals surface area contributed by atoms with Crippen molar-refractivity contribution in [1.29, 1.82) is 0 Å². The molecule has 0 unspecified atom stereocenters. The molecule has 1 saturated heterocycles. The number of nitrogens with zero attached hydrogens (tertiary/aromatic N) is 4. The molecule has 1 atom stereocenters. The van der Waals surface area contributed by atoms with Gasteiger partial charge in [-0.05, 0) is 48.4 Å². The van der Waals surface area contributed by atoms with Gasteiger partial charge in [-0.15, -0.1) is 11.3 Å². The number of hydrogen-bond donors (Lipinski definition) is 1. The van der Waals surface area contributed by atoms with E-state index in [-0.39, 0.29) is 66.2 Å². The van der Waals surface area contributed by atoms with E-state index in [2.05, 4.69) is 26.8 Å². The zero-order valence-electron chi connectivity index (χ0n) is 24.7. The van der Waals surface area contributed by atoms with Gasteiger partial charge in [0.15, 0.2) is 0 Å². The molecular weight excluding hydrogens is 636 g/mol. The first-order valence-electron chi connectivity index (χ1n) is 14.9. The molecule has 1 aliphatic carbocycles. The fraction of sp³-hybridized carbons (Fsp3) is 0.294. The number of thiazole rings is 1. The second-order valence-corrected chi connectivity index (χ2v) is 12.6. The Hall–Kier alpha value is -4.80. The lowest BCUT2D eigenvalue weighted by molar-refractivity contribution is -0.0936. The summed E-state index contributed by atoms with van der Waals surface area (Å²) < 4.78 is 70.2. The van der Waals surface area contributed by atoms with Crippen LogP contribution in [0.25, 0.3) is 22.3 Å². The fourth-order valence-corrected chi connectivity index (χ4v) is 6.21. The van der Waals surface area contributed by atoms with Gasteiger partial charge in [-0.1, -0.05) is 17.9 Å². The largest absolute Gasteiger partial charge is 0.478 e. The van der Waals surface area contributed by atoms with Gasteiger partial charge in [-0.25, -0.2) is 37.3 Å². The van der Waals surface area contributed by atoms with Crippen molar-refractivity contribution < 1.29 is 36.9 Å². The Morgan fingerprint density at radius 1 is 1.13 bits per heavy atom. The van der Waals surface area contributed by atoms with Crippen LogP contribution >= 0.6 is 11.3 Å². The number of aromatic nitrogens is 4. The molecule has 0 spiro atoms. The Bertz CT molecular complexity index is 2060. The molecule has 240 valence electrons. The number of hydrogen-bond acceptors (Lipinski definition) is 7. The molecule has 2 aromatic carbocycles. The number of benzene rings is 2. The third kappa shape index (κ3) is 6.70. The lowest BCUT2D eigenvalue weighted by Crippen LogP contribution is -2.34. The van der Waals surface area contributed by atoms with Crippen LogP contribution in [0.5, 0.6) is 5.88 Å². The predicted octanol–water partition coefficient (Wildman–Crippen LogP) is 6.89. The Kier molecular flexibility index (Phi) is 8.15. The standard InChI is InChI=1S/C34H26F4N4O4S/c35-25-13-24(27-2-1-3-31(41-27)46-18-32-39-16-23(47-32)6-4-19-14-34(37,38)15-19)26(36)10-21(25)12-30-40-28-7-5-20(33(43)44)11-29(28)42(30)17-22-8-9-45-22/h1-3,5,7,10-11,13,16,19,22H,8-9,12,14-15,17-18H2,(H,43,44)/t22-/m0/s1. The molecule has 0 bridgehead atoms. The maximum Gasteiger partial charge on any atom is 0.335 e. The number of ether oxygens (including phenoxy) is 2. The molecular formula is C34H26F4N4O4S. The van der Waals surface area contributed by atoms with E-state index >= 15 is 8.78 Å². The van der Waals surface area contributed by atoms with Gasteiger partial charge in [-0.3, -0.25) is 0 Å². The molecule has 0 amide bonds. The molecule has 1 N–H and O–H groups in total. The maximum absolute atomic E-state index is 15.5. The number of aromatic carboxylic acids is 1. The van der Waals surface area contributed by atoms with Crippen LogP contribution in [0.2, 0.25) is 0 Å². The van der Waals surface area contributed by atoms with Crippen molar-refractivity contribution in [2.45, 2.75) is 50.9 Å². The zero-order chi connectivity index (χ0) is 32.7. The molecule has 13 heteroatoms. The van der Waals surface area contributed by atoms with Crippen LogP contribution in [0.3, 0.4) is 0 Å². The lowest BCUT2D eigenvalue weighted by atomic mass is 9.82. The lowest BCUT2D eigenvalue weighted by Gasteiger charge is -2.31. The molecule has 0 radical (unpaired) electrons. The first-order chi connectivity index (χ1) is 22.6. The highest BCUT2D eigenvalue weighted by molar-refractivity contribution is 7.12. The normalized spacial score (nSPS) is 17.1. The van der Waals surface area contributed by atoms with Crippen molar-refractivity contribution in [2.75, 3.05) is 6.61 Å². The molecule has 2 aliphatic rings. The van der Waals surface area contributed by atoms with E-state index in [0.717, 1.165) is 18.6 Å². The second-order valence-electron chi connectivity index (χ2n) is 11.5. The summed E-state index contributed by atoms with van der Waals surface area (Å²) in [5, 5.41) is 10.1. The Morgan fingerprint density at radius 2 is 1.96 bits per heavy atom. The van der Waals surface area contributed by atoms with Crippen LogP contribution < -0.4 is 4.74 Å². The van der Waals surface area contributed by atoms with E-state index in [9.17, 15) is 18.7 Å². The minimum absolute atomic E-state index is 0.0310.